The average molecular weight is 284 g/mol. The third-order valence-corrected chi connectivity index (χ3v) is 4.76. The first kappa shape index (κ1) is 14.2. The zero-order chi connectivity index (χ0) is 13.0. The maximum Gasteiger partial charge on any atom is 0.0544 e. The standard InChI is InChI=1S/C15H22ClNS/c1-11(2)18-15-7-6-12(10-14(15)16)9-13-5-3-4-8-17-13/h6-7,10-11,13,17H,3-5,8-9H2,1-2H3. The van der Waals surface area contributed by atoms with Gasteiger partial charge < -0.3 is 5.32 Å². The van der Waals surface area contributed by atoms with Crippen LogP contribution in [0.4, 0.5) is 0 Å². The molecule has 1 fully saturated rings. The zero-order valence-corrected chi connectivity index (χ0v) is 12.8. The molecule has 1 nitrogen and oxygen atoms in total. The van der Waals surface area contributed by atoms with Crippen molar-refractivity contribution < 1.29 is 0 Å². The second kappa shape index (κ2) is 6.83. The second-order valence-electron chi connectivity index (χ2n) is 5.28. The fourth-order valence-electron chi connectivity index (χ4n) is 2.40. The number of halogens is 1. The summed E-state index contributed by atoms with van der Waals surface area (Å²) >= 11 is 8.18. The fourth-order valence-corrected chi connectivity index (χ4v) is 3.57. The lowest BCUT2D eigenvalue weighted by atomic mass is 9.98. The summed E-state index contributed by atoms with van der Waals surface area (Å²) in [5.74, 6) is 0. The van der Waals surface area contributed by atoms with Crippen LogP contribution in [0.15, 0.2) is 23.1 Å². The Balaban J connectivity index is 1.99. The van der Waals surface area contributed by atoms with Gasteiger partial charge in [-0.25, -0.2) is 0 Å². The summed E-state index contributed by atoms with van der Waals surface area (Å²) in [6, 6.07) is 7.18. The zero-order valence-electron chi connectivity index (χ0n) is 11.2. The van der Waals surface area contributed by atoms with E-state index in [1.807, 2.05) is 11.8 Å². The molecule has 1 unspecified atom stereocenters. The topological polar surface area (TPSA) is 12.0 Å². The van der Waals surface area contributed by atoms with Crippen molar-refractivity contribution in [2.45, 2.75) is 55.7 Å². The van der Waals surface area contributed by atoms with E-state index < -0.39 is 0 Å². The summed E-state index contributed by atoms with van der Waals surface area (Å²) in [7, 11) is 0. The van der Waals surface area contributed by atoms with Crippen molar-refractivity contribution in [2.24, 2.45) is 0 Å². The summed E-state index contributed by atoms with van der Waals surface area (Å²) in [6.07, 6.45) is 5.07. The van der Waals surface area contributed by atoms with E-state index in [9.17, 15) is 0 Å². The molecule has 100 valence electrons. The van der Waals surface area contributed by atoms with Gasteiger partial charge in [-0.15, -0.1) is 11.8 Å². The molecule has 0 aliphatic carbocycles. The number of piperidine rings is 1. The molecule has 3 heteroatoms. The Kier molecular flexibility index (Phi) is 5.40. The van der Waals surface area contributed by atoms with Crippen LogP contribution >= 0.6 is 23.4 Å². The smallest absolute Gasteiger partial charge is 0.0544 e. The molecule has 0 amide bonds. The summed E-state index contributed by atoms with van der Waals surface area (Å²) < 4.78 is 0. The normalized spacial score (nSPS) is 20.3. The van der Waals surface area contributed by atoms with Gasteiger partial charge in [0.1, 0.15) is 0 Å². The van der Waals surface area contributed by atoms with Crippen molar-refractivity contribution in [3.05, 3.63) is 28.8 Å². The van der Waals surface area contributed by atoms with Gasteiger partial charge >= 0.3 is 0 Å². The summed E-state index contributed by atoms with van der Waals surface area (Å²) in [4.78, 5) is 1.20. The Hall–Kier alpha value is -0.180. The molecule has 2 rings (SSSR count). The quantitative estimate of drug-likeness (QED) is 0.815. The largest absolute Gasteiger partial charge is 0.314 e. The van der Waals surface area contributed by atoms with Gasteiger partial charge in [-0.1, -0.05) is 37.9 Å². The van der Waals surface area contributed by atoms with Gasteiger partial charge in [0.25, 0.3) is 0 Å². The third kappa shape index (κ3) is 4.18. The second-order valence-corrected chi connectivity index (χ2v) is 7.31. The predicted molar refractivity (Wildman–Crippen MR) is 81.8 cm³/mol. The van der Waals surface area contributed by atoms with Gasteiger partial charge in [0.05, 0.1) is 5.02 Å². The predicted octanol–water partition coefficient (Wildman–Crippen LogP) is 4.53. The van der Waals surface area contributed by atoms with Crippen LogP contribution in [0.5, 0.6) is 0 Å². The lowest BCUT2D eigenvalue weighted by Gasteiger charge is -2.23. The van der Waals surface area contributed by atoms with E-state index in [1.54, 1.807) is 0 Å². The van der Waals surface area contributed by atoms with E-state index in [0.29, 0.717) is 11.3 Å². The third-order valence-electron chi connectivity index (χ3n) is 3.25. The van der Waals surface area contributed by atoms with Gasteiger partial charge in [0.2, 0.25) is 0 Å². The highest BCUT2D eigenvalue weighted by Crippen LogP contribution is 2.31. The molecular formula is C15H22ClNS. The first-order valence-electron chi connectivity index (χ1n) is 6.83. The van der Waals surface area contributed by atoms with Crippen LogP contribution in [-0.4, -0.2) is 17.8 Å². The monoisotopic (exact) mass is 283 g/mol. The maximum absolute atomic E-state index is 6.35. The molecule has 1 N–H and O–H groups in total. The molecule has 1 aromatic rings. The Morgan fingerprint density at radius 3 is 2.83 bits per heavy atom. The number of thioether (sulfide) groups is 1. The summed E-state index contributed by atoms with van der Waals surface area (Å²) in [6.45, 7) is 5.56. The molecule has 18 heavy (non-hydrogen) atoms. The molecule has 1 saturated heterocycles. The minimum Gasteiger partial charge on any atom is -0.314 e. The highest BCUT2D eigenvalue weighted by molar-refractivity contribution is 8.00. The SMILES string of the molecule is CC(C)Sc1ccc(CC2CCCCN2)cc1Cl. The Bertz CT molecular complexity index is 386. The highest BCUT2D eigenvalue weighted by atomic mass is 35.5. The molecule has 0 radical (unpaired) electrons. The van der Waals surface area contributed by atoms with Gasteiger partial charge in [-0.2, -0.15) is 0 Å². The van der Waals surface area contributed by atoms with Gasteiger partial charge in [-0.3, -0.25) is 0 Å². The van der Waals surface area contributed by atoms with Crippen molar-refractivity contribution in [3.63, 3.8) is 0 Å². The maximum atomic E-state index is 6.35. The van der Waals surface area contributed by atoms with Gasteiger partial charge in [0.15, 0.2) is 0 Å². The van der Waals surface area contributed by atoms with Crippen molar-refractivity contribution in [1.82, 2.24) is 5.32 Å². The Morgan fingerprint density at radius 1 is 1.39 bits per heavy atom. The molecule has 1 aromatic carbocycles. The van der Waals surface area contributed by atoms with Crippen molar-refractivity contribution >= 4 is 23.4 Å². The van der Waals surface area contributed by atoms with Crippen molar-refractivity contribution in [3.8, 4) is 0 Å². The summed E-state index contributed by atoms with van der Waals surface area (Å²) in [5, 5.41) is 5.07. The molecule has 0 spiro atoms. The number of benzene rings is 1. The molecule has 1 atom stereocenters. The van der Waals surface area contributed by atoms with Crippen LogP contribution in [-0.2, 0) is 6.42 Å². The highest BCUT2D eigenvalue weighted by Gasteiger charge is 2.13. The summed E-state index contributed by atoms with van der Waals surface area (Å²) in [5.41, 5.74) is 1.35. The van der Waals surface area contributed by atoms with Crippen LogP contribution in [0.2, 0.25) is 5.02 Å². The van der Waals surface area contributed by atoms with Crippen LogP contribution in [0.1, 0.15) is 38.7 Å². The molecule has 0 bridgehead atoms. The molecule has 0 saturated carbocycles. The van der Waals surface area contributed by atoms with Crippen LogP contribution < -0.4 is 5.32 Å². The van der Waals surface area contributed by atoms with Gasteiger partial charge in [-0.05, 0) is 43.5 Å². The minimum atomic E-state index is 0.577. The minimum absolute atomic E-state index is 0.577. The molecule has 1 aliphatic heterocycles. The first-order valence-corrected chi connectivity index (χ1v) is 8.09. The van der Waals surface area contributed by atoms with Crippen LogP contribution in [0, 0.1) is 0 Å². The average Bonchev–Trinajstić information content (AvgIpc) is 2.33. The van der Waals surface area contributed by atoms with E-state index >= 15 is 0 Å². The first-order chi connectivity index (χ1) is 8.65. The van der Waals surface area contributed by atoms with Crippen LogP contribution in [0.3, 0.4) is 0 Å². The van der Waals surface area contributed by atoms with E-state index in [-0.39, 0.29) is 0 Å². The number of rotatable bonds is 4. The van der Waals surface area contributed by atoms with Crippen molar-refractivity contribution in [1.29, 1.82) is 0 Å². The molecule has 1 aliphatic rings. The number of nitrogens with one attached hydrogen (secondary N) is 1. The Morgan fingerprint density at radius 2 is 2.22 bits per heavy atom. The lowest BCUT2D eigenvalue weighted by molar-refractivity contribution is 0.399. The van der Waals surface area contributed by atoms with Crippen LogP contribution in [0.25, 0.3) is 0 Å². The van der Waals surface area contributed by atoms with Gasteiger partial charge in [0, 0.05) is 16.2 Å². The van der Waals surface area contributed by atoms with E-state index in [2.05, 4.69) is 37.4 Å². The number of hydrogen-bond acceptors (Lipinski definition) is 2. The van der Waals surface area contributed by atoms with E-state index in [4.69, 9.17) is 11.6 Å². The molecular weight excluding hydrogens is 262 g/mol. The molecule has 1 heterocycles. The Labute approximate surface area is 120 Å². The van der Waals surface area contributed by atoms with Crippen molar-refractivity contribution in [2.75, 3.05) is 6.54 Å². The number of hydrogen-bond donors (Lipinski definition) is 1. The molecule has 0 aromatic heterocycles. The van der Waals surface area contributed by atoms with E-state index in [1.165, 1.54) is 36.3 Å². The fraction of sp³-hybridized carbons (Fsp3) is 0.600. The lowest BCUT2D eigenvalue weighted by Crippen LogP contribution is -2.35. The van der Waals surface area contributed by atoms with E-state index in [0.717, 1.165) is 11.4 Å².